The minimum absolute atomic E-state index is 0.0579. The molecule has 0 aliphatic carbocycles. The van der Waals surface area contributed by atoms with Crippen molar-refractivity contribution in [3.05, 3.63) is 53.6 Å². The lowest BCUT2D eigenvalue weighted by Crippen LogP contribution is -2.24. The van der Waals surface area contributed by atoms with Crippen LogP contribution in [0.5, 0.6) is 17.2 Å². The number of methoxy groups -OCH3 is 2. The van der Waals surface area contributed by atoms with Crippen LogP contribution in [0.25, 0.3) is 0 Å². The van der Waals surface area contributed by atoms with Crippen LogP contribution in [-0.2, 0) is 11.3 Å². The molecule has 0 bridgehead atoms. The number of ether oxygens (including phenoxy) is 3. The van der Waals surface area contributed by atoms with Crippen LogP contribution in [0.1, 0.15) is 17.5 Å². The van der Waals surface area contributed by atoms with E-state index in [-0.39, 0.29) is 5.91 Å². The van der Waals surface area contributed by atoms with Crippen molar-refractivity contribution in [2.75, 3.05) is 20.8 Å². The molecule has 0 aliphatic heterocycles. The van der Waals surface area contributed by atoms with E-state index in [1.165, 1.54) is 0 Å². The van der Waals surface area contributed by atoms with Crippen LogP contribution in [0.15, 0.2) is 42.5 Å². The molecule has 0 aromatic heterocycles. The Morgan fingerprint density at radius 3 is 2.54 bits per heavy atom. The van der Waals surface area contributed by atoms with E-state index < -0.39 is 0 Å². The molecule has 0 unspecified atom stereocenters. The molecule has 1 N–H and O–H groups in total. The van der Waals surface area contributed by atoms with Gasteiger partial charge in [-0.25, -0.2) is 0 Å². The normalized spacial score (nSPS) is 10.1. The number of carbonyl (C=O) groups is 1. The van der Waals surface area contributed by atoms with E-state index in [9.17, 15) is 4.79 Å². The largest absolute Gasteiger partial charge is 0.493 e. The number of aryl methyl sites for hydroxylation is 1. The summed E-state index contributed by atoms with van der Waals surface area (Å²) >= 11 is 0. The fraction of sp³-hybridized carbons (Fsp3) is 0.316. The van der Waals surface area contributed by atoms with E-state index in [0.717, 1.165) is 16.9 Å². The maximum absolute atomic E-state index is 11.9. The Kier molecular flexibility index (Phi) is 6.49. The molecule has 0 saturated heterocycles. The first-order chi connectivity index (χ1) is 11.6. The summed E-state index contributed by atoms with van der Waals surface area (Å²) in [5.41, 5.74) is 2.08. The van der Waals surface area contributed by atoms with Crippen molar-refractivity contribution in [3.63, 3.8) is 0 Å². The van der Waals surface area contributed by atoms with Crippen molar-refractivity contribution in [1.29, 1.82) is 0 Å². The van der Waals surface area contributed by atoms with E-state index in [0.29, 0.717) is 31.1 Å². The summed E-state index contributed by atoms with van der Waals surface area (Å²) in [5, 5.41) is 2.87. The van der Waals surface area contributed by atoms with Crippen molar-refractivity contribution >= 4 is 5.91 Å². The molecule has 0 fully saturated rings. The first-order valence-corrected chi connectivity index (χ1v) is 7.79. The summed E-state index contributed by atoms with van der Waals surface area (Å²) in [5.74, 6) is 2.03. The van der Waals surface area contributed by atoms with Gasteiger partial charge in [-0.05, 0) is 42.3 Å². The van der Waals surface area contributed by atoms with Crippen LogP contribution in [0, 0.1) is 6.92 Å². The van der Waals surface area contributed by atoms with Gasteiger partial charge in [0, 0.05) is 6.54 Å². The Bertz CT molecular complexity index is 685. The standard InChI is InChI=1S/C19H23NO4/c1-14-5-4-6-16(11-14)24-10-9-19(21)20-13-15-7-8-17(22-2)18(12-15)23-3/h4-8,11-12H,9-10,13H2,1-3H3,(H,20,21). The zero-order valence-electron chi connectivity index (χ0n) is 14.3. The molecule has 5 heteroatoms. The molecule has 2 aromatic rings. The zero-order chi connectivity index (χ0) is 17.4. The van der Waals surface area contributed by atoms with Gasteiger partial charge in [-0.2, -0.15) is 0 Å². The molecule has 1 amide bonds. The minimum Gasteiger partial charge on any atom is -0.493 e. The van der Waals surface area contributed by atoms with Crippen LogP contribution in [0.4, 0.5) is 0 Å². The molecule has 128 valence electrons. The third-order valence-electron chi connectivity index (χ3n) is 3.53. The van der Waals surface area contributed by atoms with Crippen molar-refractivity contribution in [3.8, 4) is 17.2 Å². The molecule has 0 aliphatic rings. The van der Waals surface area contributed by atoms with Crippen LogP contribution in [-0.4, -0.2) is 26.7 Å². The number of nitrogens with one attached hydrogen (secondary N) is 1. The number of rotatable bonds is 8. The van der Waals surface area contributed by atoms with Crippen molar-refractivity contribution in [2.24, 2.45) is 0 Å². The summed E-state index contributed by atoms with van der Waals surface area (Å²) < 4.78 is 16.0. The van der Waals surface area contributed by atoms with Crippen LogP contribution >= 0.6 is 0 Å². The lowest BCUT2D eigenvalue weighted by atomic mass is 10.2. The molecule has 0 atom stereocenters. The average Bonchev–Trinajstić information content (AvgIpc) is 2.59. The van der Waals surface area contributed by atoms with Gasteiger partial charge >= 0.3 is 0 Å². The van der Waals surface area contributed by atoms with Gasteiger partial charge in [-0.1, -0.05) is 18.2 Å². The van der Waals surface area contributed by atoms with E-state index in [4.69, 9.17) is 14.2 Å². The van der Waals surface area contributed by atoms with E-state index in [1.807, 2.05) is 49.4 Å². The summed E-state index contributed by atoms with van der Waals surface area (Å²) in [6, 6.07) is 13.3. The van der Waals surface area contributed by atoms with Gasteiger partial charge in [0.2, 0.25) is 5.91 Å². The summed E-state index contributed by atoms with van der Waals surface area (Å²) in [7, 11) is 3.18. The Labute approximate surface area is 142 Å². The van der Waals surface area contributed by atoms with Gasteiger partial charge in [0.1, 0.15) is 5.75 Å². The van der Waals surface area contributed by atoms with Crippen LogP contribution < -0.4 is 19.5 Å². The number of carbonyl (C=O) groups excluding carboxylic acids is 1. The van der Waals surface area contributed by atoms with Gasteiger partial charge in [-0.3, -0.25) is 4.79 Å². The lowest BCUT2D eigenvalue weighted by molar-refractivity contribution is -0.121. The SMILES string of the molecule is COc1ccc(CNC(=O)CCOc2cccc(C)c2)cc1OC. The van der Waals surface area contributed by atoms with Crippen molar-refractivity contribution in [1.82, 2.24) is 5.32 Å². The third-order valence-corrected chi connectivity index (χ3v) is 3.53. The second-order valence-electron chi connectivity index (χ2n) is 5.38. The van der Waals surface area contributed by atoms with Crippen LogP contribution in [0.3, 0.4) is 0 Å². The molecule has 5 nitrogen and oxygen atoms in total. The molecule has 24 heavy (non-hydrogen) atoms. The Morgan fingerprint density at radius 1 is 1.04 bits per heavy atom. The highest BCUT2D eigenvalue weighted by molar-refractivity contribution is 5.76. The fourth-order valence-corrected chi connectivity index (χ4v) is 2.25. The molecule has 0 heterocycles. The molecule has 2 rings (SSSR count). The minimum atomic E-state index is -0.0579. The maximum Gasteiger partial charge on any atom is 0.223 e. The fourth-order valence-electron chi connectivity index (χ4n) is 2.25. The number of benzene rings is 2. The Hall–Kier alpha value is -2.69. The highest BCUT2D eigenvalue weighted by Gasteiger charge is 2.06. The summed E-state index contributed by atoms with van der Waals surface area (Å²) in [4.78, 5) is 11.9. The summed E-state index contributed by atoms with van der Waals surface area (Å²) in [6.07, 6.45) is 0.307. The maximum atomic E-state index is 11.9. The monoisotopic (exact) mass is 329 g/mol. The van der Waals surface area contributed by atoms with Gasteiger partial charge in [0.05, 0.1) is 27.2 Å². The van der Waals surface area contributed by atoms with E-state index >= 15 is 0 Å². The van der Waals surface area contributed by atoms with E-state index in [1.54, 1.807) is 14.2 Å². The molecule has 0 saturated carbocycles. The Morgan fingerprint density at radius 2 is 1.83 bits per heavy atom. The highest BCUT2D eigenvalue weighted by atomic mass is 16.5. The average molecular weight is 329 g/mol. The van der Waals surface area contributed by atoms with Crippen molar-refractivity contribution < 1.29 is 19.0 Å². The second kappa shape index (κ2) is 8.82. The predicted molar refractivity (Wildman–Crippen MR) is 92.7 cm³/mol. The first-order valence-electron chi connectivity index (χ1n) is 7.79. The first kappa shape index (κ1) is 17.7. The van der Waals surface area contributed by atoms with Crippen LogP contribution in [0.2, 0.25) is 0 Å². The quantitative estimate of drug-likeness (QED) is 0.808. The number of hydrogen-bond donors (Lipinski definition) is 1. The third kappa shape index (κ3) is 5.19. The highest BCUT2D eigenvalue weighted by Crippen LogP contribution is 2.27. The van der Waals surface area contributed by atoms with Crippen molar-refractivity contribution in [2.45, 2.75) is 19.9 Å². The van der Waals surface area contributed by atoms with Gasteiger partial charge in [-0.15, -0.1) is 0 Å². The lowest BCUT2D eigenvalue weighted by Gasteiger charge is -2.11. The zero-order valence-corrected chi connectivity index (χ0v) is 14.3. The van der Waals surface area contributed by atoms with Gasteiger partial charge in [0.15, 0.2) is 11.5 Å². The smallest absolute Gasteiger partial charge is 0.223 e. The van der Waals surface area contributed by atoms with Gasteiger partial charge in [0.25, 0.3) is 0 Å². The summed E-state index contributed by atoms with van der Waals surface area (Å²) in [6.45, 7) is 2.79. The number of hydrogen-bond acceptors (Lipinski definition) is 4. The Balaban J connectivity index is 1.77. The molecule has 0 spiro atoms. The predicted octanol–water partition coefficient (Wildman–Crippen LogP) is 3.10. The number of amides is 1. The van der Waals surface area contributed by atoms with Gasteiger partial charge < -0.3 is 19.5 Å². The van der Waals surface area contributed by atoms with E-state index in [2.05, 4.69) is 5.32 Å². The second-order valence-corrected chi connectivity index (χ2v) is 5.38. The molecule has 0 radical (unpaired) electrons. The molecular formula is C19H23NO4. The molecule has 2 aromatic carbocycles. The topological polar surface area (TPSA) is 56.8 Å². The molecular weight excluding hydrogens is 306 g/mol.